The third-order valence-corrected chi connectivity index (χ3v) is 6.34. The van der Waals surface area contributed by atoms with Crippen molar-refractivity contribution in [3.8, 4) is 5.75 Å². The summed E-state index contributed by atoms with van der Waals surface area (Å²) in [5.74, 6) is 0.511. The molecule has 3 rings (SSSR count). The number of carbonyl (C=O) groups excluding carboxylic acids is 2. The van der Waals surface area contributed by atoms with Crippen LogP contribution in [0.5, 0.6) is 5.75 Å². The van der Waals surface area contributed by atoms with Crippen LogP contribution in [0.3, 0.4) is 0 Å². The van der Waals surface area contributed by atoms with Crippen LogP contribution in [-0.4, -0.2) is 35.4 Å². The first-order valence-electron chi connectivity index (χ1n) is 12.5. The Labute approximate surface area is 219 Å². The third kappa shape index (κ3) is 8.72. The maximum Gasteiger partial charge on any atom is 0.243 e. The molecule has 3 aromatic carbocycles. The van der Waals surface area contributed by atoms with Crippen LogP contribution < -0.4 is 10.1 Å². The normalized spacial score (nSPS) is 12.4. The van der Waals surface area contributed by atoms with Crippen LogP contribution >= 0.6 is 11.6 Å². The van der Waals surface area contributed by atoms with Crippen LogP contribution in [0.2, 0.25) is 5.02 Å². The van der Waals surface area contributed by atoms with E-state index >= 15 is 0 Å². The summed E-state index contributed by atoms with van der Waals surface area (Å²) in [5, 5.41) is 3.74. The molecule has 3 aromatic rings. The maximum absolute atomic E-state index is 13.6. The summed E-state index contributed by atoms with van der Waals surface area (Å²) in [7, 11) is 0. The quantitative estimate of drug-likeness (QED) is 0.287. The number of benzene rings is 3. The smallest absolute Gasteiger partial charge is 0.243 e. The number of carbonyl (C=O) groups is 2. The topological polar surface area (TPSA) is 58.6 Å². The molecule has 0 unspecified atom stereocenters. The van der Waals surface area contributed by atoms with Gasteiger partial charge in [0.2, 0.25) is 11.8 Å². The number of halogens is 1. The maximum atomic E-state index is 13.6. The van der Waals surface area contributed by atoms with Crippen molar-refractivity contribution in [1.29, 1.82) is 0 Å². The average molecular weight is 507 g/mol. The van der Waals surface area contributed by atoms with Crippen molar-refractivity contribution in [1.82, 2.24) is 10.2 Å². The number of ether oxygens (including phenoxy) is 1. The molecule has 190 valence electrons. The molecule has 0 aliphatic heterocycles. The van der Waals surface area contributed by atoms with E-state index in [1.54, 1.807) is 29.2 Å². The van der Waals surface area contributed by atoms with E-state index in [9.17, 15) is 9.59 Å². The molecule has 0 heterocycles. The van der Waals surface area contributed by atoms with Gasteiger partial charge >= 0.3 is 0 Å². The highest BCUT2D eigenvalue weighted by Crippen LogP contribution is 2.18. The largest absolute Gasteiger partial charge is 0.494 e. The molecule has 6 heteroatoms. The fourth-order valence-electron chi connectivity index (χ4n) is 3.86. The average Bonchev–Trinajstić information content (AvgIpc) is 2.90. The number of nitrogens with zero attached hydrogens (tertiary/aromatic N) is 1. The summed E-state index contributed by atoms with van der Waals surface area (Å²) >= 11 is 5.93. The van der Waals surface area contributed by atoms with Crippen molar-refractivity contribution < 1.29 is 14.3 Å². The van der Waals surface area contributed by atoms with Crippen molar-refractivity contribution in [3.05, 3.63) is 101 Å². The second-order valence-corrected chi connectivity index (χ2v) is 9.37. The van der Waals surface area contributed by atoms with Gasteiger partial charge in [-0.25, -0.2) is 0 Å². The van der Waals surface area contributed by atoms with Gasteiger partial charge in [0.25, 0.3) is 0 Å². The van der Waals surface area contributed by atoms with Gasteiger partial charge in [0, 0.05) is 30.5 Å². The molecule has 5 nitrogen and oxygen atoms in total. The standard InChI is InChI=1S/C30H35ClN2O3/c1-3-23(2)32-30(35)28(21-24-11-6-4-7-12-24)33(22-25-13-8-5-9-14-25)29(34)15-10-20-36-27-18-16-26(31)17-19-27/h4-9,11-14,16-19,23,28H,3,10,15,20-22H2,1-2H3,(H,32,35)/t23-,28+/m1/s1. The van der Waals surface area contributed by atoms with E-state index in [1.165, 1.54) is 0 Å². The Bertz CT molecular complexity index is 1070. The Kier molecular flexibility index (Phi) is 10.8. The summed E-state index contributed by atoms with van der Waals surface area (Å²) in [6.07, 6.45) is 2.08. The molecule has 2 atom stereocenters. The molecular weight excluding hydrogens is 472 g/mol. The van der Waals surface area contributed by atoms with Gasteiger partial charge in [-0.1, -0.05) is 79.2 Å². The van der Waals surface area contributed by atoms with E-state index in [1.807, 2.05) is 74.5 Å². The number of nitrogens with one attached hydrogen (secondary N) is 1. The number of hydrogen-bond acceptors (Lipinski definition) is 3. The van der Waals surface area contributed by atoms with Crippen molar-refractivity contribution in [2.75, 3.05) is 6.61 Å². The zero-order chi connectivity index (χ0) is 25.8. The van der Waals surface area contributed by atoms with Crippen LogP contribution in [0, 0.1) is 0 Å². The van der Waals surface area contributed by atoms with Gasteiger partial charge in [0.15, 0.2) is 0 Å². The minimum absolute atomic E-state index is 0.0252. The van der Waals surface area contributed by atoms with Crippen LogP contribution in [0.15, 0.2) is 84.9 Å². The fourth-order valence-corrected chi connectivity index (χ4v) is 3.99. The Morgan fingerprint density at radius 1 is 0.917 bits per heavy atom. The summed E-state index contributed by atoms with van der Waals surface area (Å²) < 4.78 is 5.77. The zero-order valence-electron chi connectivity index (χ0n) is 21.0. The van der Waals surface area contributed by atoms with E-state index < -0.39 is 6.04 Å². The van der Waals surface area contributed by atoms with Crippen molar-refractivity contribution in [2.45, 2.75) is 58.2 Å². The Morgan fingerprint density at radius 3 is 2.14 bits per heavy atom. The van der Waals surface area contributed by atoms with Crippen molar-refractivity contribution in [2.24, 2.45) is 0 Å². The predicted molar refractivity (Wildman–Crippen MR) is 145 cm³/mol. The SMILES string of the molecule is CC[C@@H](C)NC(=O)[C@H](Cc1ccccc1)N(Cc1ccccc1)C(=O)CCCOc1ccc(Cl)cc1. The van der Waals surface area contributed by atoms with E-state index in [2.05, 4.69) is 5.32 Å². The van der Waals surface area contributed by atoms with Crippen molar-refractivity contribution >= 4 is 23.4 Å². The predicted octanol–water partition coefficient (Wildman–Crippen LogP) is 6.05. The molecule has 36 heavy (non-hydrogen) atoms. The van der Waals surface area contributed by atoms with Gasteiger partial charge < -0.3 is 15.0 Å². The lowest BCUT2D eigenvalue weighted by atomic mass is 10.0. The summed E-state index contributed by atoms with van der Waals surface area (Å²) in [5.41, 5.74) is 2.00. The molecule has 1 N–H and O–H groups in total. The molecule has 0 aromatic heterocycles. The van der Waals surface area contributed by atoms with E-state index in [0.717, 1.165) is 17.5 Å². The molecule has 0 saturated carbocycles. The fraction of sp³-hybridized carbons (Fsp3) is 0.333. The molecule has 0 fully saturated rings. The molecular formula is C30H35ClN2O3. The van der Waals surface area contributed by atoms with Crippen LogP contribution in [-0.2, 0) is 22.6 Å². The Hall–Kier alpha value is -3.31. The molecule has 0 radical (unpaired) electrons. The molecule has 2 amide bonds. The summed E-state index contributed by atoms with van der Waals surface area (Å²) in [6.45, 7) is 4.78. The zero-order valence-corrected chi connectivity index (χ0v) is 21.8. The highest BCUT2D eigenvalue weighted by atomic mass is 35.5. The second-order valence-electron chi connectivity index (χ2n) is 8.94. The highest BCUT2D eigenvalue weighted by molar-refractivity contribution is 6.30. The molecule has 0 bridgehead atoms. The molecule has 0 spiro atoms. The first kappa shape index (κ1) is 27.3. The third-order valence-electron chi connectivity index (χ3n) is 6.09. The first-order valence-corrected chi connectivity index (χ1v) is 12.9. The van der Waals surface area contributed by atoms with E-state index in [4.69, 9.17) is 16.3 Å². The monoisotopic (exact) mass is 506 g/mol. The lowest BCUT2D eigenvalue weighted by Gasteiger charge is -2.32. The van der Waals surface area contributed by atoms with Gasteiger partial charge in [-0.2, -0.15) is 0 Å². The minimum atomic E-state index is -0.619. The number of hydrogen-bond donors (Lipinski definition) is 1. The van der Waals surface area contributed by atoms with Gasteiger partial charge in [0.05, 0.1) is 6.61 Å². The lowest BCUT2D eigenvalue weighted by Crippen LogP contribution is -2.52. The van der Waals surface area contributed by atoms with Crippen LogP contribution in [0.4, 0.5) is 0 Å². The van der Waals surface area contributed by atoms with Crippen molar-refractivity contribution in [3.63, 3.8) is 0 Å². The lowest BCUT2D eigenvalue weighted by molar-refractivity contribution is -0.141. The van der Waals surface area contributed by atoms with Crippen LogP contribution in [0.1, 0.15) is 44.2 Å². The highest BCUT2D eigenvalue weighted by Gasteiger charge is 2.30. The molecule has 0 aliphatic rings. The van der Waals surface area contributed by atoms with Gasteiger partial charge in [0.1, 0.15) is 11.8 Å². The van der Waals surface area contributed by atoms with Gasteiger partial charge in [-0.3, -0.25) is 9.59 Å². The van der Waals surface area contributed by atoms with Crippen LogP contribution in [0.25, 0.3) is 0 Å². The summed E-state index contributed by atoms with van der Waals surface area (Å²) in [6, 6.07) is 26.2. The second kappa shape index (κ2) is 14.3. The minimum Gasteiger partial charge on any atom is -0.494 e. The Morgan fingerprint density at radius 2 is 1.53 bits per heavy atom. The number of amides is 2. The number of rotatable bonds is 13. The summed E-state index contributed by atoms with van der Waals surface area (Å²) in [4.78, 5) is 28.7. The molecule has 0 saturated heterocycles. The molecule has 0 aliphatic carbocycles. The first-order chi connectivity index (χ1) is 17.5. The Balaban J connectivity index is 1.76. The van der Waals surface area contributed by atoms with E-state index in [0.29, 0.717) is 36.8 Å². The van der Waals surface area contributed by atoms with Gasteiger partial charge in [-0.05, 0) is 55.2 Å². The van der Waals surface area contributed by atoms with E-state index in [-0.39, 0.29) is 24.3 Å². The van der Waals surface area contributed by atoms with Gasteiger partial charge in [-0.15, -0.1) is 0 Å².